The highest BCUT2D eigenvalue weighted by Crippen LogP contribution is 2.32. The molecule has 12 heteroatoms. The first-order chi connectivity index (χ1) is 15.3. The van der Waals surface area contributed by atoms with Gasteiger partial charge >= 0.3 is 5.76 Å². The topological polar surface area (TPSA) is 119 Å². The average molecular weight is 476 g/mol. The van der Waals surface area contributed by atoms with Crippen molar-refractivity contribution in [2.24, 2.45) is 0 Å². The average Bonchev–Trinajstić information content (AvgIpc) is 3.32. The van der Waals surface area contributed by atoms with E-state index in [9.17, 15) is 17.6 Å². The summed E-state index contributed by atoms with van der Waals surface area (Å²) < 4.78 is 52.7. The van der Waals surface area contributed by atoms with Crippen LogP contribution < -0.4 is 15.8 Å². The first-order valence-electron chi connectivity index (χ1n) is 9.79. The SMILES string of the molecule is CC(c1ccccc1C1CNC1)n1c(=O)oc2cc(S(=O)(=O)Nc3ncns3)c(F)cc21. The van der Waals surface area contributed by atoms with Crippen molar-refractivity contribution >= 4 is 37.8 Å². The molecule has 0 amide bonds. The molecule has 2 aromatic heterocycles. The van der Waals surface area contributed by atoms with E-state index >= 15 is 0 Å². The normalized spacial score (nSPS) is 15.6. The molecule has 1 saturated heterocycles. The van der Waals surface area contributed by atoms with Crippen LogP contribution >= 0.6 is 11.5 Å². The second-order valence-corrected chi connectivity index (χ2v) is 9.93. The van der Waals surface area contributed by atoms with Crippen LogP contribution in [-0.2, 0) is 10.0 Å². The number of benzene rings is 2. The molecule has 3 heterocycles. The Kier molecular flexibility index (Phi) is 5.07. The van der Waals surface area contributed by atoms with E-state index in [1.807, 2.05) is 31.2 Å². The van der Waals surface area contributed by atoms with Gasteiger partial charge in [-0.05, 0) is 18.1 Å². The maximum absolute atomic E-state index is 15.0. The smallest absolute Gasteiger partial charge is 0.408 e. The molecule has 32 heavy (non-hydrogen) atoms. The highest BCUT2D eigenvalue weighted by Gasteiger charge is 2.28. The molecule has 2 N–H and O–H groups in total. The highest BCUT2D eigenvalue weighted by atomic mass is 32.2. The molecular weight excluding hydrogens is 457 g/mol. The highest BCUT2D eigenvalue weighted by molar-refractivity contribution is 7.93. The van der Waals surface area contributed by atoms with E-state index in [4.69, 9.17) is 4.42 Å². The van der Waals surface area contributed by atoms with E-state index in [1.165, 1.54) is 10.9 Å². The summed E-state index contributed by atoms with van der Waals surface area (Å²) in [5.74, 6) is -1.37. The molecule has 0 spiro atoms. The lowest BCUT2D eigenvalue weighted by Crippen LogP contribution is -2.40. The van der Waals surface area contributed by atoms with Gasteiger partial charge in [-0.15, -0.1) is 0 Å². The van der Waals surface area contributed by atoms with Gasteiger partial charge in [0.1, 0.15) is 17.0 Å². The monoisotopic (exact) mass is 475 g/mol. The standard InChI is InChI=1S/C20H18FN5O4S2/c1-11(13-4-2-3-5-14(13)12-8-22-9-12)26-16-6-15(21)18(7-17(16)30-20(26)27)32(28,29)25-19-23-10-24-31-19/h2-7,10-12,22H,8-9H2,1H3,(H,23,24,25). The largest absolute Gasteiger partial charge is 0.420 e. The van der Waals surface area contributed by atoms with Gasteiger partial charge in [-0.2, -0.15) is 4.37 Å². The minimum atomic E-state index is -4.29. The first-order valence-corrected chi connectivity index (χ1v) is 12.0. The Labute approximate surface area is 186 Å². The Balaban J connectivity index is 1.59. The summed E-state index contributed by atoms with van der Waals surface area (Å²) in [5, 5.41) is 3.24. The summed E-state index contributed by atoms with van der Waals surface area (Å²) in [6.07, 6.45) is 1.18. The van der Waals surface area contributed by atoms with Gasteiger partial charge in [0.2, 0.25) is 5.13 Å². The van der Waals surface area contributed by atoms with Gasteiger partial charge in [0.15, 0.2) is 5.58 Å². The molecule has 9 nitrogen and oxygen atoms in total. The van der Waals surface area contributed by atoms with E-state index in [2.05, 4.69) is 19.4 Å². The number of oxazole rings is 1. The molecule has 0 bridgehead atoms. The van der Waals surface area contributed by atoms with E-state index in [1.54, 1.807) is 0 Å². The number of nitrogens with one attached hydrogen (secondary N) is 2. The molecule has 1 aliphatic rings. The van der Waals surface area contributed by atoms with Crippen LogP contribution in [0.3, 0.4) is 0 Å². The Morgan fingerprint density at radius 3 is 2.78 bits per heavy atom. The number of rotatable bonds is 6. The van der Waals surface area contributed by atoms with E-state index in [0.717, 1.165) is 47.9 Å². The number of sulfonamides is 1. The Morgan fingerprint density at radius 2 is 2.09 bits per heavy atom. The lowest BCUT2D eigenvalue weighted by Gasteiger charge is -2.31. The molecule has 1 fully saturated rings. The number of anilines is 1. The molecule has 1 aliphatic heterocycles. The Morgan fingerprint density at radius 1 is 1.31 bits per heavy atom. The zero-order valence-electron chi connectivity index (χ0n) is 16.8. The van der Waals surface area contributed by atoms with Gasteiger partial charge in [0.25, 0.3) is 10.0 Å². The molecule has 5 rings (SSSR count). The van der Waals surface area contributed by atoms with Crippen molar-refractivity contribution in [3.05, 3.63) is 70.2 Å². The zero-order valence-corrected chi connectivity index (χ0v) is 18.4. The summed E-state index contributed by atoms with van der Waals surface area (Å²) in [7, 11) is -4.29. The van der Waals surface area contributed by atoms with Crippen LogP contribution in [0, 0.1) is 5.82 Å². The second-order valence-electron chi connectivity index (χ2n) is 7.50. The number of fused-ring (bicyclic) bond motifs is 1. The van der Waals surface area contributed by atoms with Gasteiger partial charge in [-0.25, -0.2) is 22.6 Å². The number of nitrogens with zero attached hydrogens (tertiary/aromatic N) is 3. The lowest BCUT2D eigenvalue weighted by atomic mass is 9.87. The van der Waals surface area contributed by atoms with Crippen LogP contribution in [0.25, 0.3) is 11.1 Å². The van der Waals surface area contributed by atoms with Gasteiger partial charge in [-0.3, -0.25) is 9.29 Å². The minimum absolute atomic E-state index is 0.000710. The quantitative estimate of drug-likeness (QED) is 0.440. The van der Waals surface area contributed by atoms with Crippen molar-refractivity contribution in [2.75, 3.05) is 17.8 Å². The van der Waals surface area contributed by atoms with E-state index in [0.29, 0.717) is 5.92 Å². The van der Waals surface area contributed by atoms with Crippen LogP contribution in [0.2, 0.25) is 0 Å². The maximum atomic E-state index is 15.0. The Hall–Kier alpha value is -3.09. The summed E-state index contributed by atoms with van der Waals surface area (Å²) in [4.78, 5) is 15.8. The van der Waals surface area contributed by atoms with Gasteiger partial charge in [0.05, 0.1) is 11.6 Å². The third-order valence-electron chi connectivity index (χ3n) is 5.59. The van der Waals surface area contributed by atoms with Crippen LogP contribution in [-0.4, -0.2) is 35.4 Å². The van der Waals surface area contributed by atoms with Crippen LogP contribution in [0.1, 0.15) is 30.0 Å². The Bertz CT molecular complexity index is 1460. The van der Waals surface area contributed by atoms with Crippen LogP contribution in [0.15, 0.2) is 56.8 Å². The summed E-state index contributed by atoms with van der Waals surface area (Å²) in [6, 6.07) is 9.38. The fourth-order valence-electron chi connectivity index (χ4n) is 3.91. The molecule has 1 atom stereocenters. The zero-order chi connectivity index (χ0) is 22.5. The van der Waals surface area contributed by atoms with Crippen molar-refractivity contribution in [2.45, 2.75) is 23.8 Å². The predicted molar refractivity (Wildman–Crippen MR) is 117 cm³/mol. The molecule has 0 radical (unpaired) electrons. The summed E-state index contributed by atoms with van der Waals surface area (Å²) in [6.45, 7) is 3.53. The van der Waals surface area contributed by atoms with Gasteiger partial charge in [0, 0.05) is 42.7 Å². The number of hydrogen-bond donors (Lipinski definition) is 2. The van der Waals surface area contributed by atoms with Crippen molar-refractivity contribution in [3.63, 3.8) is 0 Å². The number of aromatic nitrogens is 3. The van der Waals surface area contributed by atoms with Crippen LogP contribution in [0.4, 0.5) is 9.52 Å². The molecule has 2 aromatic carbocycles. The first kappa shape index (κ1) is 20.8. The molecule has 4 aromatic rings. The van der Waals surface area contributed by atoms with E-state index < -0.39 is 32.5 Å². The van der Waals surface area contributed by atoms with Crippen molar-refractivity contribution in [3.8, 4) is 0 Å². The number of halogens is 1. The maximum Gasteiger partial charge on any atom is 0.420 e. The summed E-state index contributed by atoms with van der Waals surface area (Å²) >= 11 is 0.816. The lowest BCUT2D eigenvalue weighted by molar-refractivity contribution is 0.438. The summed E-state index contributed by atoms with van der Waals surface area (Å²) in [5.41, 5.74) is 2.19. The third kappa shape index (κ3) is 3.49. The van der Waals surface area contributed by atoms with Crippen molar-refractivity contribution in [1.82, 2.24) is 19.2 Å². The molecule has 166 valence electrons. The fourth-order valence-corrected chi connectivity index (χ4v) is 5.64. The second kappa shape index (κ2) is 7.80. The molecule has 1 unspecified atom stereocenters. The molecular formula is C20H18FN5O4S2. The molecule has 0 aliphatic carbocycles. The van der Waals surface area contributed by atoms with Crippen LogP contribution in [0.5, 0.6) is 0 Å². The third-order valence-corrected chi connectivity index (χ3v) is 7.66. The van der Waals surface area contributed by atoms with Gasteiger partial charge in [-0.1, -0.05) is 24.3 Å². The van der Waals surface area contributed by atoms with E-state index in [-0.39, 0.29) is 16.2 Å². The number of hydrogen-bond acceptors (Lipinski definition) is 8. The minimum Gasteiger partial charge on any atom is -0.408 e. The van der Waals surface area contributed by atoms with Gasteiger partial charge < -0.3 is 9.73 Å². The van der Waals surface area contributed by atoms with Crippen molar-refractivity contribution in [1.29, 1.82) is 0 Å². The predicted octanol–water partition coefficient (Wildman–Crippen LogP) is 2.68. The molecule has 0 saturated carbocycles. The van der Waals surface area contributed by atoms with Crippen molar-refractivity contribution < 1.29 is 17.2 Å². The fraction of sp³-hybridized carbons (Fsp3) is 0.250.